The third-order valence-electron chi connectivity index (χ3n) is 4.12. The molecule has 2 amide bonds. The Hall–Kier alpha value is -2.53. The zero-order chi connectivity index (χ0) is 19.6. The van der Waals surface area contributed by atoms with Gasteiger partial charge in [-0.1, -0.05) is 54.9 Å². The van der Waals surface area contributed by atoms with Crippen molar-refractivity contribution in [2.24, 2.45) is 0 Å². The smallest absolute Gasteiger partial charge is 0.261 e. The Kier molecular flexibility index (Phi) is 8.14. The van der Waals surface area contributed by atoms with Crippen molar-refractivity contribution < 1.29 is 14.3 Å². The van der Waals surface area contributed by atoms with E-state index in [-0.39, 0.29) is 25.0 Å². The van der Waals surface area contributed by atoms with Gasteiger partial charge in [0, 0.05) is 18.1 Å². The number of nitrogens with zero attached hydrogens (tertiary/aromatic N) is 1. The van der Waals surface area contributed by atoms with Gasteiger partial charge in [-0.25, -0.2) is 0 Å². The highest BCUT2D eigenvalue weighted by Gasteiger charge is 2.26. The largest absolute Gasteiger partial charge is 0.484 e. The Morgan fingerprint density at radius 1 is 1.11 bits per heavy atom. The van der Waals surface area contributed by atoms with Gasteiger partial charge in [0.15, 0.2) is 6.61 Å². The Labute approximate surface area is 165 Å². The van der Waals surface area contributed by atoms with Crippen LogP contribution < -0.4 is 10.1 Å². The second-order valence-corrected chi connectivity index (χ2v) is 6.59. The van der Waals surface area contributed by atoms with E-state index < -0.39 is 6.04 Å². The van der Waals surface area contributed by atoms with Crippen LogP contribution in [0.3, 0.4) is 0 Å². The molecular weight excluding hydrogens is 364 g/mol. The number of amides is 2. The average molecular weight is 389 g/mol. The third kappa shape index (κ3) is 6.29. The summed E-state index contributed by atoms with van der Waals surface area (Å²) >= 11 is 6.24. The molecule has 0 bridgehead atoms. The SMILES string of the molecule is CCCNC(=O)[C@H](C)N(Cc1ccccc1Cl)C(=O)COc1ccccc1. The molecule has 0 aromatic heterocycles. The van der Waals surface area contributed by atoms with Gasteiger partial charge in [-0.3, -0.25) is 9.59 Å². The first kappa shape index (κ1) is 20.8. The first-order chi connectivity index (χ1) is 13.0. The van der Waals surface area contributed by atoms with Crippen LogP contribution in [0.1, 0.15) is 25.8 Å². The minimum atomic E-state index is -0.639. The molecule has 1 atom stereocenters. The molecule has 2 rings (SSSR count). The lowest BCUT2D eigenvalue weighted by molar-refractivity contribution is -0.142. The summed E-state index contributed by atoms with van der Waals surface area (Å²) < 4.78 is 5.57. The molecule has 0 saturated carbocycles. The maximum atomic E-state index is 12.8. The zero-order valence-electron chi connectivity index (χ0n) is 15.7. The first-order valence-corrected chi connectivity index (χ1v) is 9.39. The molecule has 1 N–H and O–H groups in total. The van der Waals surface area contributed by atoms with Gasteiger partial charge in [0.25, 0.3) is 5.91 Å². The molecule has 0 saturated heterocycles. The number of hydrogen-bond acceptors (Lipinski definition) is 3. The number of benzene rings is 2. The van der Waals surface area contributed by atoms with Crippen LogP contribution in [-0.4, -0.2) is 35.9 Å². The summed E-state index contributed by atoms with van der Waals surface area (Å²) in [5.41, 5.74) is 0.780. The highest BCUT2D eigenvalue weighted by Crippen LogP contribution is 2.19. The van der Waals surface area contributed by atoms with Crippen molar-refractivity contribution in [2.45, 2.75) is 32.9 Å². The second kappa shape index (κ2) is 10.6. The molecule has 0 aliphatic carbocycles. The van der Waals surface area contributed by atoms with Crippen molar-refractivity contribution in [1.29, 1.82) is 0 Å². The van der Waals surface area contributed by atoms with E-state index in [2.05, 4.69) is 5.32 Å². The van der Waals surface area contributed by atoms with Crippen LogP contribution in [0.2, 0.25) is 5.02 Å². The number of carbonyl (C=O) groups is 2. The fourth-order valence-electron chi connectivity index (χ4n) is 2.53. The molecule has 144 valence electrons. The summed E-state index contributed by atoms with van der Waals surface area (Å²) in [6, 6.07) is 15.8. The molecule has 0 aliphatic rings. The van der Waals surface area contributed by atoms with E-state index in [0.29, 0.717) is 17.3 Å². The van der Waals surface area contributed by atoms with Crippen LogP contribution in [0, 0.1) is 0 Å². The molecule has 0 spiro atoms. The van der Waals surface area contributed by atoms with Gasteiger partial charge >= 0.3 is 0 Å². The minimum Gasteiger partial charge on any atom is -0.484 e. The van der Waals surface area contributed by atoms with Gasteiger partial charge in [-0.05, 0) is 37.1 Å². The van der Waals surface area contributed by atoms with Gasteiger partial charge in [-0.15, -0.1) is 0 Å². The molecule has 0 radical (unpaired) electrons. The molecule has 5 nitrogen and oxygen atoms in total. The average Bonchev–Trinajstić information content (AvgIpc) is 2.70. The van der Waals surface area contributed by atoms with Crippen LogP contribution in [-0.2, 0) is 16.1 Å². The van der Waals surface area contributed by atoms with Crippen molar-refractivity contribution in [3.05, 3.63) is 65.2 Å². The minimum absolute atomic E-state index is 0.153. The quantitative estimate of drug-likeness (QED) is 0.713. The summed E-state index contributed by atoms with van der Waals surface area (Å²) in [6.45, 7) is 4.34. The van der Waals surface area contributed by atoms with Gasteiger partial charge in [-0.2, -0.15) is 0 Å². The van der Waals surface area contributed by atoms with Gasteiger partial charge in [0.2, 0.25) is 5.91 Å². The second-order valence-electron chi connectivity index (χ2n) is 6.18. The summed E-state index contributed by atoms with van der Waals surface area (Å²) in [4.78, 5) is 26.7. The Morgan fingerprint density at radius 2 is 1.78 bits per heavy atom. The number of halogens is 1. The highest BCUT2D eigenvalue weighted by atomic mass is 35.5. The fraction of sp³-hybridized carbons (Fsp3) is 0.333. The normalized spacial score (nSPS) is 11.5. The summed E-state index contributed by atoms with van der Waals surface area (Å²) in [5.74, 6) is 0.126. The van der Waals surface area contributed by atoms with Gasteiger partial charge in [0.05, 0.1) is 0 Å². The maximum Gasteiger partial charge on any atom is 0.261 e. The van der Waals surface area contributed by atoms with Crippen LogP contribution >= 0.6 is 11.6 Å². The molecule has 27 heavy (non-hydrogen) atoms. The summed E-state index contributed by atoms with van der Waals surface area (Å²) in [7, 11) is 0. The van der Waals surface area contributed by atoms with Gasteiger partial charge in [0.1, 0.15) is 11.8 Å². The van der Waals surface area contributed by atoms with Crippen molar-refractivity contribution in [3.8, 4) is 5.75 Å². The van der Waals surface area contributed by atoms with Crippen LogP contribution in [0.4, 0.5) is 0 Å². The van der Waals surface area contributed by atoms with E-state index in [1.54, 1.807) is 25.1 Å². The van der Waals surface area contributed by atoms with E-state index >= 15 is 0 Å². The monoisotopic (exact) mass is 388 g/mol. The number of carbonyl (C=O) groups excluding carboxylic acids is 2. The molecular formula is C21H25ClN2O3. The first-order valence-electron chi connectivity index (χ1n) is 9.01. The topological polar surface area (TPSA) is 58.6 Å². The lowest BCUT2D eigenvalue weighted by Gasteiger charge is -2.29. The molecule has 6 heteroatoms. The van der Waals surface area contributed by atoms with Crippen molar-refractivity contribution >= 4 is 23.4 Å². The van der Waals surface area contributed by atoms with Crippen molar-refractivity contribution in [3.63, 3.8) is 0 Å². The lowest BCUT2D eigenvalue weighted by atomic mass is 10.1. The third-order valence-corrected chi connectivity index (χ3v) is 4.49. The summed E-state index contributed by atoms with van der Waals surface area (Å²) in [6.07, 6.45) is 0.827. The van der Waals surface area contributed by atoms with E-state index in [9.17, 15) is 9.59 Å². The molecule has 0 heterocycles. The number of rotatable bonds is 9. The van der Waals surface area contributed by atoms with E-state index in [1.165, 1.54) is 4.90 Å². The molecule has 0 fully saturated rings. The van der Waals surface area contributed by atoms with E-state index in [4.69, 9.17) is 16.3 Å². The Bertz CT molecular complexity index is 752. The standard InChI is InChI=1S/C21H25ClN2O3/c1-3-13-23-21(26)16(2)24(14-17-9-7-8-12-19(17)22)20(25)15-27-18-10-5-4-6-11-18/h4-12,16H,3,13-15H2,1-2H3,(H,23,26)/t16-/m0/s1. The van der Waals surface area contributed by atoms with Crippen molar-refractivity contribution in [1.82, 2.24) is 10.2 Å². The van der Waals surface area contributed by atoms with Crippen LogP contribution in [0.15, 0.2) is 54.6 Å². The predicted molar refractivity (Wildman–Crippen MR) is 107 cm³/mol. The molecule has 2 aromatic carbocycles. The highest BCUT2D eigenvalue weighted by molar-refractivity contribution is 6.31. The van der Waals surface area contributed by atoms with E-state index in [1.807, 2.05) is 43.3 Å². The molecule has 0 aliphatic heterocycles. The van der Waals surface area contributed by atoms with Crippen LogP contribution in [0.5, 0.6) is 5.75 Å². The Morgan fingerprint density at radius 3 is 2.44 bits per heavy atom. The fourth-order valence-corrected chi connectivity index (χ4v) is 2.73. The predicted octanol–water partition coefficient (Wildman–Crippen LogP) is 3.66. The number of nitrogens with one attached hydrogen (secondary N) is 1. The Balaban J connectivity index is 2.13. The number of hydrogen-bond donors (Lipinski definition) is 1. The zero-order valence-corrected chi connectivity index (χ0v) is 16.4. The molecule has 0 unspecified atom stereocenters. The lowest BCUT2D eigenvalue weighted by Crippen LogP contribution is -2.49. The molecule has 2 aromatic rings. The maximum absolute atomic E-state index is 12.8. The number of para-hydroxylation sites is 1. The summed E-state index contributed by atoms with van der Waals surface area (Å²) in [5, 5.41) is 3.39. The number of ether oxygens (including phenoxy) is 1. The van der Waals surface area contributed by atoms with E-state index in [0.717, 1.165) is 12.0 Å². The van der Waals surface area contributed by atoms with Crippen molar-refractivity contribution in [2.75, 3.05) is 13.2 Å². The van der Waals surface area contributed by atoms with Crippen LogP contribution in [0.25, 0.3) is 0 Å². The van der Waals surface area contributed by atoms with Gasteiger partial charge < -0.3 is 15.0 Å².